The maximum absolute atomic E-state index is 5.49. The Kier molecular flexibility index (Phi) is 4.85. The molecule has 2 heterocycles. The van der Waals surface area contributed by atoms with Gasteiger partial charge in [0.1, 0.15) is 17.0 Å². The van der Waals surface area contributed by atoms with Crippen LogP contribution in [0.1, 0.15) is 12.5 Å². The van der Waals surface area contributed by atoms with Crippen molar-refractivity contribution >= 4 is 22.7 Å². The number of fused-ring (bicyclic) bond motifs is 1. The fraction of sp³-hybridized carbons (Fsp3) is 0.278. The smallest absolute Gasteiger partial charge is 0.187 e. The number of methoxy groups -OCH3 is 2. The molecule has 0 atom stereocenters. The maximum atomic E-state index is 5.49. The Balaban J connectivity index is 2.12. The summed E-state index contributed by atoms with van der Waals surface area (Å²) in [6, 6.07) is 5.85. The zero-order valence-corrected chi connectivity index (χ0v) is 15.0. The Morgan fingerprint density at radius 3 is 2.42 bits per heavy atom. The van der Waals surface area contributed by atoms with E-state index in [0.29, 0.717) is 5.75 Å². The lowest BCUT2D eigenvalue weighted by atomic mass is 10.1. The average Bonchev–Trinajstić information content (AvgIpc) is 2.61. The largest absolute Gasteiger partial charge is 0.497 e. The summed E-state index contributed by atoms with van der Waals surface area (Å²) in [5.41, 5.74) is 3.62. The second-order valence-electron chi connectivity index (χ2n) is 5.24. The van der Waals surface area contributed by atoms with Gasteiger partial charge in [-0.25, -0.2) is 15.0 Å². The Bertz CT molecular complexity index is 866. The number of pyridine rings is 1. The second-order valence-corrected chi connectivity index (χ2v) is 6.47. The first-order chi connectivity index (χ1) is 11.7. The van der Waals surface area contributed by atoms with Gasteiger partial charge in [0.25, 0.3) is 0 Å². The zero-order valence-electron chi connectivity index (χ0n) is 14.2. The highest BCUT2D eigenvalue weighted by Crippen LogP contribution is 2.33. The first kappa shape index (κ1) is 16.5. The van der Waals surface area contributed by atoms with Crippen LogP contribution in [0.2, 0.25) is 0 Å². The third-order valence-corrected chi connectivity index (χ3v) is 4.47. The third-order valence-electron chi connectivity index (χ3n) is 3.71. The van der Waals surface area contributed by atoms with Gasteiger partial charge in [-0.3, -0.25) is 0 Å². The van der Waals surface area contributed by atoms with E-state index in [9.17, 15) is 0 Å². The molecule has 1 aromatic carbocycles. The number of ether oxygens (including phenoxy) is 2. The summed E-state index contributed by atoms with van der Waals surface area (Å²) < 4.78 is 10.8. The highest BCUT2D eigenvalue weighted by Gasteiger charge is 2.12. The summed E-state index contributed by atoms with van der Waals surface area (Å²) in [7, 11) is 3.28. The van der Waals surface area contributed by atoms with Gasteiger partial charge in [-0.05, 0) is 30.4 Å². The van der Waals surface area contributed by atoms with Crippen molar-refractivity contribution in [3.05, 3.63) is 36.2 Å². The summed E-state index contributed by atoms with van der Waals surface area (Å²) in [6.07, 6.45) is 3.63. The fourth-order valence-electron chi connectivity index (χ4n) is 2.51. The van der Waals surface area contributed by atoms with Gasteiger partial charge in [0.05, 0.1) is 19.9 Å². The molecule has 124 valence electrons. The summed E-state index contributed by atoms with van der Waals surface area (Å²) in [4.78, 5) is 13.5. The molecular weight excluding hydrogens is 322 g/mol. The monoisotopic (exact) mass is 341 g/mol. The van der Waals surface area contributed by atoms with Gasteiger partial charge in [0.15, 0.2) is 5.16 Å². The third kappa shape index (κ3) is 3.14. The Labute approximate surface area is 145 Å². The van der Waals surface area contributed by atoms with Gasteiger partial charge in [0.2, 0.25) is 0 Å². The van der Waals surface area contributed by atoms with Crippen molar-refractivity contribution in [1.82, 2.24) is 15.0 Å². The highest BCUT2D eigenvalue weighted by molar-refractivity contribution is 7.99. The number of aromatic nitrogens is 3. The molecule has 0 aliphatic carbocycles. The topological polar surface area (TPSA) is 57.1 Å². The minimum atomic E-state index is 0.688. The molecule has 0 N–H and O–H groups in total. The Morgan fingerprint density at radius 1 is 1.04 bits per heavy atom. The van der Waals surface area contributed by atoms with Crippen molar-refractivity contribution in [3.8, 4) is 22.8 Å². The molecule has 0 radical (unpaired) electrons. The zero-order chi connectivity index (χ0) is 17.1. The lowest BCUT2D eigenvalue weighted by molar-refractivity contribution is 0.397. The van der Waals surface area contributed by atoms with E-state index in [1.807, 2.05) is 30.6 Å². The normalized spacial score (nSPS) is 10.8. The molecule has 0 fully saturated rings. The molecule has 5 nitrogen and oxygen atoms in total. The number of hydrogen-bond acceptors (Lipinski definition) is 6. The number of rotatable bonds is 5. The van der Waals surface area contributed by atoms with Gasteiger partial charge >= 0.3 is 0 Å². The van der Waals surface area contributed by atoms with Crippen LogP contribution in [-0.2, 0) is 0 Å². The summed E-state index contributed by atoms with van der Waals surface area (Å²) >= 11 is 1.62. The minimum Gasteiger partial charge on any atom is -0.497 e. The maximum Gasteiger partial charge on any atom is 0.187 e. The molecule has 2 aromatic heterocycles. The SMILES string of the molecule is CCSc1ncc(-c2cc(C)c3cc(OC)cc(OC)c3n2)cn1. The number of thioether (sulfide) groups is 1. The molecule has 0 saturated heterocycles. The van der Waals surface area contributed by atoms with Crippen LogP contribution in [0.25, 0.3) is 22.2 Å². The molecule has 0 aliphatic rings. The van der Waals surface area contributed by atoms with Crippen LogP contribution in [0.3, 0.4) is 0 Å². The average molecular weight is 341 g/mol. The molecule has 0 aliphatic heterocycles. The van der Waals surface area contributed by atoms with Crippen molar-refractivity contribution in [2.24, 2.45) is 0 Å². The molecule has 0 saturated carbocycles. The Hall–Kier alpha value is -2.34. The van der Waals surface area contributed by atoms with E-state index in [1.165, 1.54) is 0 Å². The number of benzene rings is 1. The van der Waals surface area contributed by atoms with Crippen LogP contribution in [0, 0.1) is 6.92 Å². The predicted octanol–water partition coefficient (Wildman–Crippen LogP) is 4.13. The van der Waals surface area contributed by atoms with Crippen LogP contribution < -0.4 is 9.47 Å². The lowest BCUT2D eigenvalue weighted by Crippen LogP contribution is -1.95. The molecular formula is C18H19N3O2S. The summed E-state index contributed by atoms with van der Waals surface area (Å²) in [6.45, 7) is 4.13. The first-order valence-corrected chi connectivity index (χ1v) is 8.63. The first-order valence-electron chi connectivity index (χ1n) is 7.64. The van der Waals surface area contributed by atoms with Gasteiger partial charge in [-0.2, -0.15) is 0 Å². The van der Waals surface area contributed by atoms with Gasteiger partial charge in [-0.1, -0.05) is 18.7 Å². The molecule has 6 heteroatoms. The minimum absolute atomic E-state index is 0.688. The number of hydrogen-bond donors (Lipinski definition) is 0. The second kappa shape index (κ2) is 7.05. The molecule has 0 amide bonds. The van der Waals surface area contributed by atoms with Crippen LogP contribution in [0.4, 0.5) is 0 Å². The fourth-order valence-corrected chi connectivity index (χ4v) is 3.02. The predicted molar refractivity (Wildman–Crippen MR) is 97.0 cm³/mol. The van der Waals surface area contributed by atoms with Crippen LogP contribution in [-0.4, -0.2) is 34.9 Å². The van der Waals surface area contributed by atoms with Crippen LogP contribution in [0.15, 0.2) is 35.7 Å². The quantitative estimate of drug-likeness (QED) is 0.514. The van der Waals surface area contributed by atoms with Gasteiger partial charge < -0.3 is 9.47 Å². The molecule has 3 aromatic rings. The Morgan fingerprint density at radius 2 is 1.79 bits per heavy atom. The summed E-state index contributed by atoms with van der Waals surface area (Å²) in [5, 5.41) is 1.79. The molecule has 3 rings (SSSR count). The highest BCUT2D eigenvalue weighted by atomic mass is 32.2. The van der Waals surface area contributed by atoms with Crippen molar-refractivity contribution in [1.29, 1.82) is 0 Å². The van der Waals surface area contributed by atoms with Crippen molar-refractivity contribution in [2.45, 2.75) is 19.0 Å². The van der Waals surface area contributed by atoms with Crippen LogP contribution in [0.5, 0.6) is 11.5 Å². The van der Waals surface area contributed by atoms with E-state index in [1.54, 1.807) is 26.0 Å². The van der Waals surface area contributed by atoms with Crippen LogP contribution >= 0.6 is 11.8 Å². The van der Waals surface area contributed by atoms with E-state index in [4.69, 9.17) is 14.5 Å². The standard InChI is InChI=1S/C18H19N3O2S/c1-5-24-18-19-9-12(10-20-18)15-6-11(2)14-7-13(22-3)8-16(23-4)17(14)21-15/h6-10H,5H2,1-4H3. The van der Waals surface area contributed by atoms with E-state index >= 15 is 0 Å². The van der Waals surface area contributed by atoms with Crippen molar-refractivity contribution in [2.75, 3.05) is 20.0 Å². The number of aryl methyl sites for hydroxylation is 1. The van der Waals surface area contributed by atoms with Gasteiger partial charge in [0, 0.05) is 29.4 Å². The van der Waals surface area contributed by atoms with Gasteiger partial charge in [-0.15, -0.1) is 0 Å². The van der Waals surface area contributed by atoms with E-state index in [0.717, 1.165) is 44.4 Å². The molecule has 24 heavy (non-hydrogen) atoms. The lowest BCUT2D eigenvalue weighted by Gasteiger charge is -2.12. The molecule has 0 unspecified atom stereocenters. The van der Waals surface area contributed by atoms with E-state index in [2.05, 4.69) is 23.8 Å². The molecule has 0 bridgehead atoms. The number of nitrogens with zero attached hydrogens (tertiary/aromatic N) is 3. The van der Waals surface area contributed by atoms with E-state index < -0.39 is 0 Å². The molecule has 0 spiro atoms. The van der Waals surface area contributed by atoms with Crippen molar-refractivity contribution in [3.63, 3.8) is 0 Å². The van der Waals surface area contributed by atoms with Crippen molar-refractivity contribution < 1.29 is 9.47 Å². The summed E-state index contributed by atoms with van der Waals surface area (Å²) in [5.74, 6) is 2.39. The van der Waals surface area contributed by atoms with E-state index in [-0.39, 0.29) is 0 Å².